The minimum absolute atomic E-state index is 0.0471. The second-order valence-electron chi connectivity index (χ2n) is 12.5. The van der Waals surface area contributed by atoms with E-state index in [0.717, 1.165) is 35.5 Å². The van der Waals surface area contributed by atoms with Crippen LogP contribution in [0.4, 0.5) is 0 Å². The highest BCUT2D eigenvalue weighted by Gasteiger charge is 2.21. The fourth-order valence-electron chi connectivity index (χ4n) is 5.11. The summed E-state index contributed by atoms with van der Waals surface area (Å²) in [6, 6.07) is 9.16. The molecule has 0 spiro atoms. The number of methoxy groups -OCH3 is 2. The predicted molar refractivity (Wildman–Crippen MR) is 154 cm³/mol. The molecular weight excluding hydrogens is 440 g/mol. The Morgan fingerprint density at radius 1 is 0.528 bits per heavy atom. The lowest BCUT2D eigenvalue weighted by molar-refractivity contribution is 0.405. The Bertz CT molecular complexity index is 998. The Kier molecular flexibility index (Phi) is 9.57. The molecular formula is C34H48O2. The molecule has 2 aromatic carbocycles. The van der Waals surface area contributed by atoms with Crippen LogP contribution in [0.3, 0.4) is 0 Å². The van der Waals surface area contributed by atoms with Crippen LogP contribution in [-0.4, -0.2) is 14.2 Å². The van der Waals surface area contributed by atoms with Gasteiger partial charge in [-0.1, -0.05) is 104 Å². The number of hydrogen-bond acceptors (Lipinski definition) is 2. The van der Waals surface area contributed by atoms with Crippen LogP contribution in [0, 0.1) is 11.8 Å². The Labute approximate surface area is 221 Å². The average molecular weight is 489 g/mol. The van der Waals surface area contributed by atoms with Crippen molar-refractivity contribution in [1.82, 2.24) is 0 Å². The van der Waals surface area contributed by atoms with Gasteiger partial charge in [-0.15, -0.1) is 0 Å². The lowest BCUT2D eigenvalue weighted by atomic mass is 9.83. The standard InChI is InChI=1S/C34H48O2/c1-33(2,3)29-21-25-17-15-13-11-9-10-12-14-16-18-26-22-30(34(4,5)6)24-28(32(26)36-8)20-19-27(23-29)31(25)35-7/h21-24H,9-18H2,1-8H3. The molecule has 0 N–H and O–H groups in total. The van der Waals surface area contributed by atoms with Gasteiger partial charge in [0, 0.05) is 0 Å². The molecule has 0 saturated carbocycles. The van der Waals surface area contributed by atoms with Crippen molar-refractivity contribution in [3.05, 3.63) is 57.6 Å². The Morgan fingerprint density at radius 3 is 1.17 bits per heavy atom. The maximum Gasteiger partial charge on any atom is 0.137 e. The smallest absolute Gasteiger partial charge is 0.137 e. The third kappa shape index (κ3) is 7.32. The second-order valence-corrected chi connectivity index (χ2v) is 12.5. The first kappa shape index (κ1) is 28.2. The molecule has 0 saturated heterocycles. The van der Waals surface area contributed by atoms with Crippen LogP contribution >= 0.6 is 0 Å². The molecule has 4 bridgehead atoms. The summed E-state index contributed by atoms with van der Waals surface area (Å²) in [6.07, 6.45) is 12.3. The minimum Gasteiger partial charge on any atom is -0.495 e. The summed E-state index contributed by atoms with van der Waals surface area (Å²) in [6.45, 7) is 13.6. The van der Waals surface area contributed by atoms with Gasteiger partial charge >= 0.3 is 0 Å². The normalized spacial score (nSPS) is 15.8. The van der Waals surface area contributed by atoms with E-state index in [2.05, 4.69) is 77.6 Å². The Morgan fingerprint density at radius 2 is 0.861 bits per heavy atom. The summed E-state index contributed by atoms with van der Waals surface area (Å²) >= 11 is 0. The van der Waals surface area contributed by atoms with Crippen LogP contribution in [0.2, 0.25) is 0 Å². The summed E-state index contributed by atoms with van der Waals surface area (Å²) in [5.74, 6) is 8.92. The number of fused-ring (bicyclic) bond motifs is 4. The van der Waals surface area contributed by atoms with E-state index in [1.165, 1.54) is 73.6 Å². The van der Waals surface area contributed by atoms with Crippen molar-refractivity contribution >= 4 is 0 Å². The van der Waals surface area contributed by atoms with Crippen LogP contribution in [0.25, 0.3) is 0 Å². The molecule has 0 atom stereocenters. The number of rotatable bonds is 2. The van der Waals surface area contributed by atoms with Crippen molar-refractivity contribution < 1.29 is 9.47 Å². The van der Waals surface area contributed by atoms with Gasteiger partial charge in [0.05, 0.1) is 25.3 Å². The number of hydrogen-bond donors (Lipinski definition) is 0. The van der Waals surface area contributed by atoms with Gasteiger partial charge in [-0.05, 0) is 70.9 Å². The van der Waals surface area contributed by atoms with Crippen molar-refractivity contribution in [2.45, 2.75) is 117 Å². The molecule has 2 aromatic rings. The van der Waals surface area contributed by atoms with Crippen molar-refractivity contribution in [1.29, 1.82) is 0 Å². The summed E-state index contributed by atoms with van der Waals surface area (Å²) < 4.78 is 12.0. The van der Waals surface area contributed by atoms with E-state index in [-0.39, 0.29) is 10.8 Å². The largest absolute Gasteiger partial charge is 0.495 e. The Balaban J connectivity index is 2.21. The summed E-state index contributed by atoms with van der Waals surface area (Å²) in [5.41, 5.74) is 7.24. The highest BCUT2D eigenvalue weighted by atomic mass is 16.5. The monoisotopic (exact) mass is 488 g/mol. The van der Waals surface area contributed by atoms with Gasteiger partial charge < -0.3 is 9.47 Å². The third-order valence-electron chi connectivity index (χ3n) is 7.45. The topological polar surface area (TPSA) is 18.5 Å². The number of benzene rings is 2. The molecule has 3 rings (SSSR count). The average Bonchev–Trinajstić information content (AvgIpc) is 2.81. The lowest BCUT2D eigenvalue weighted by Gasteiger charge is -2.23. The summed E-state index contributed by atoms with van der Waals surface area (Å²) in [7, 11) is 3.57. The predicted octanol–water partition coefficient (Wildman–Crippen LogP) is 8.92. The SMILES string of the molecule is COc1c2cc(C(C)(C)C)cc1CCCCCCCCCCc1cc(C(C)(C)C)cc(c1OC)C#C2. The molecule has 2 heteroatoms. The first-order valence-electron chi connectivity index (χ1n) is 14.0. The fraction of sp³-hybridized carbons (Fsp3) is 0.588. The molecule has 196 valence electrons. The van der Waals surface area contributed by atoms with E-state index in [0.29, 0.717) is 0 Å². The van der Waals surface area contributed by atoms with Crippen LogP contribution in [0.15, 0.2) is 24.3 Å². The maximum absolute atomic E-state index is 5.98. The van der Waals surface area contributed by atoms with Crippen molar-refractivity contribution in [3.63, 3.8) is 0 Å². The highest BCUT2D eigenvalue weighted by molar-refractivity contribution is 5.60. The van der Waals surface area contributed by atoms with Crippen LogP contribution in [0.1, 0.15) is 126 Å². The molecule has 2 nitrogen and oxygen atoms in total. The quantitative estimate of drug-likeness (QED) is 0.393. The van der Waals surface area contributed by atoms with E-state index in [1.807, 2.05) is 0 Å². The molecule has 0 unspecified atom stereocenters. The molecule has 0 aromatic heterocycles. The molecule has 0 heterocycles. The van der Waals surface area contributed by atoms with Gasteiger partial charge in [-0.2, -0.15) is 0 Å². The van der Waals surface area contributed by atoms with Crippen molar-refractivity contribution in [2.75, 3.05) is 14.2 Å². The van der Waals surface area contributed by atoms with Gasteiger partial charge in [-0.25, -0.2) is 0 Å². The van der Waals surface area contributed by atoms with E-state index < -0.39 is 0 Å². The molecule has 0 fully saturated rings. The van der Waals surface area contributed by atoms with E-state index >= 15 is 0 Å². The van der Waals surface area contributed by atoms with Gasteiger partial charge in [0.1, 0.15) is 11.5 Å². The zero-order valence-corrected chi connectivity index (χ0v) is 24.2. The lowest BCUT2D eigenvalue weighted by Crippen LogP contribution is -2.13. The minimum atomic E-state index is 0.0471. The van der Waals surface area contributed by atoms with E-state index in [1.54, 1.807) is 14.2 Å². The van der Waals surface area contributed by atoms with Crippen LogP contribution in [-0.2, 0) is 23.7 Å². The third-order valence-corrected chi connectivity index (χ3v) is 7.45. The van der Waals surface area contributed by atoms with Crippen molar-refractivity contribution in [3.8, 4) is 23.3 Å². The van der Waals surface area contributed by atoms with Gasteiger partial charge in [-0.3, -0.25) is 0 Å². The Hall–Kier alpha value is -2.40. The van der Waals surface area contributed by atoms with Gasteiger partial charge in [0.2, 0.25) is 0 Å². The number of ether oxygens (including phenoxy) is 2. The highest BCUT2D eigenvalue weighted by Crippen LogP contribution is 2.35. The van der Waals surface area contributed by atoms with Crippen LogP contribution < -0.4 is 9.47 Å². The van der Waals surface area contributed by atoms with E-state index in [4.69, 9.17) is 9.47 Å². The molecule has 0 radical (unpaired) electrons. The maximum atomic E-state index is 5.98. The first-order valence-corrected chi connectivity index (χ1v) is 14.0. The molecule has 0 aliphatic heterocycles. The molecule has 1 aliphatic rings. The zero-order chi connectivity index (χ0) is 26.3. The second kappa shape index (κ2) is 12.2. The summed E-state index contributed by atoms with van der Waals surface area (Å²) in [5, 5.41) is 0. The fourth-order valence-corrected chi connectivity index (χ4v) is 5.11. The zero-order valence-electron chi connectivity index (χ0n) is 24.2. The van der Waals surface area contributed by atoms with Crippen LogP contribution in [0.5, 0.6) is 11.5 Å². The molecule has 0 amide bonds. The van der Waals surface area contributed by atoms with Gasteiger partial charge in [0.15, 0.2) is 0 Å². The van der Waals surface area contributed by atoms with Gasteiger partial charge in [0.25, 0.3) is 0 Å². The number of aryl methyl sites for hydroxylation is 2. The van der Waals surface area contributed by atoms with Crippen molar-refractivity contribution in [2.24, 2.45) is 0 Å². The van der Waals surface area contributed by atoms with E-state index in [9.17, 15) is 0 Å². The summed E-state index contributed by atoms with van der Waals surface area (Å²) in [4.78, 5) is 0. The first-order chi connectivity index (χ1) is 17.0. The molecule has 1 aliphatic carbocycles. The molecule has 36 heavy (non-hydrogen) atoms.